The lowest BCUT2D eigenvalue weighted by Gasteiger charge is -2.08. The number of halogens is 2. The van der Waals surface area contributed by atoms with Gasteiger partial charge < -0.3 is 5.73 Å². The molecule has 0 bridgehead atoms. The molecule has 0 atom stereocenters. The van der Waals surface area contributed by atoms with E-state index in [0.29, 0.717) is 28.3 Å². The Morgan fingerprint density at radius 3 is 2.72 bits per heavy atom. The highest BCUT2D eigenvalue weighted by Crippen LogP contribution is 2.34. The van der Waals surface area contributed by atoms with Gasteiger partial charge in [-0.1, -0.05) is 24.3 Å². The minimum Gasteiger partial charge on any atom is -0.366 e. The van der Waals surface area contributed by atoms with Crippen molar-refractivity contribution >= 4 is 17.6 Å². The number of hydrogen-bond donors (Lipinski definition) is 1. The number of aromatic nitrogens is 6. The number of primary amides is 1. The third kappa shape index (κ3) is 4.61. The molecule has 0 spiro atoms. The first-order valence-corrected chi connectivity index (χ1v) is 11.1. The van der Waals surface area contributed by atoms with E-state index in [4.69, 9.17) is 10.8 Å². The predicted octanol–water partition coefficient (Wildman–Crippen LogP) is 4.45. The zero-order valence-electron chi connectivity index (χ0n) is 19.2. The molecule has 0 radical (unpaired) electrons. The lowest BCUT2D eigenvalue weighted by atomic mass is 10.0. The van der Waals surface area contributed by atoms with E-state index in [9.17, 15) is 13.6 Å². The minimum absolute atomic E-state index is 0.0454. The number of alkyl halides is 2. The molecule has 0 aliphatic heterocycles. The summed E-state index contributed by atoms with van der Waals surface area (Å²) in [5.41, 5.74) is 10.7. The van der Waals surface area contributed by atoms with Gasteiger partial charge >= 0.3 is 0 Å². The molecule has 180 valence electrons. The van der Waals surface area contributed by atoms with Crippen LogP contribution in [-0.4, -0.2) is 35.3 Å². The molecule has 0 unspecified atom stereocenters. The van der Waals surface area contributed by atoms with E-state index in [1.807, 2.05) is 37.4 Å². The molecule has 0 fully saturated rings. The Labute approximate surface area is 204 Å². The van der Waals surface area contributed by atoms with Crippen LogP contribution in [0.2, 0.25) is 0 Å². The number of benzene rings is 1. The van der Waals surface area contributed by atoms with Gasteiger partial charge in [0.1, 0.15) is 12.0 Å². The summed E-state index contributed by atoms with van der Waals surface area (Å²) in [4.78, 5) is 20.4. The second-order valence-corrected chi connectivity index (χ2v) is 8.20. The van der Waals surface area contributed by atoms with Crippen molar-refractivity contribution in [2.45, 2.75) is 19.9 Å². The number of hydrogen-bond acceptors (Lipinski definition) is 5. The van der Waals surface area contributed by atoms with Gasteiger partial charge in [-0.15, -0.1) is 0 Å². The molecule has 10 heteroatoms. The number of nitrogens with zero attached hydrogens (tertiary/aromatic N) is 6. The average molecular weight is 485 g/mol. The number of carbonyl (C=O) groups is 1. The molecule has 5 aromatic rings. The van der Waals surface area contributed by atoms with Crippen LogP contribution in [0.3, 0.4) is 0 Å². The zero-order valence-corrected chi connectivity index (χ0v) is 19.2. The van der Waals surface area contributed by atoms with Crippen LogP contribution in [0.4, 0.5) is 8.78 Å². The summed E-state index contributed by atoms with van der Waals surface area (Å²) in [5, 5.41) is 9.07. The van der Waals surface area contributed by atoms with Crippen molar-refractivity contribution in [3.8, 4) is 22.5 Å². The molecule has 1 aromatic carbocycles. The monoisotopic (exact) mass is 485 g/mol. The van der Waals surface area contributed by atoms with Gasteiger partial charge in [0.2, 0.25) is 5.91 Å². The average Bonchev–Trinajstić information content (AvgIpc) is 3.50. The molecule has 1 amide bonds. The Balaban J connectivity index is 1.69. The highest BCUT2D eigenvalue weighted by atomic mass is 19.3. The first-order chi connectivity index (χ1) is 17.4. The molecule has 36 heavy (non-hydrogen) atoms. The van der Waals surface area contributed by atoms with Crippen molar-refractivity contribution in [2.24, 2.45) is 5.73 Å². The molecule has 8 nitrogen and oxygen atoms in total. The number of amides is 1. The van der Waals surface area contributed by atoms with Crippen molar-refractivity contribution in [1.29, 1.82) is 0 Å². The van der Waals surface area contributed by atoms with Crippen LogP contribution in [0.25, 0.3) is 34.2 Å². The number of nitrogens with two attached hydrogens (primary N) is 1. The molecular formula is C26H21F2N7O. The Morgan fingerprint density at radius 2 is 1.94 bits per heavy atom. The van der Waals surface area contributed by atoms with Crippen molar-refractivity contribution in [3.63, 3.8) is 0 Å². The SMILES string of the molecule is Cc1cccc(-c2nn(Cc3cccc(C(F)F)c3)cc2-c2ccc3ncnn3c2/C=C/C(N)=O)n1. The number of carbonyl (C=O) groups excluding carboxylic acids is 1. The van der Waals surface area contributed by atoms with Crippen LogP contribution in [0.1, 0.15) is 28.9 Å². The van der Waals surface area contributed by atoms with Crippen molar-refractivity contribution in [1.82, 2.24) is 29.4 Å². The summed E-state index contributed by atoms with van der Waals surface area (Å²) >= 11 is 0. The van der Waals surface area contributed by atoms with Gasteiger partial charge in [-0.05, 0) is 48.9 Å². The maximum Gasteiger partial charge on any atom is 0.263 e. The number of pyridine rings is 2. The number of rotatable bonds is 7. The fourth-order valence-electron chi connectivity index (χ4n) is 4.03. The maximum absolute atomic E-state index is 13.2. The van der Waals surface area contributed by atoms with Crippen molar-refractivity contribution in [3.05, 3.63) is 95.7 Å². The van der Waals surface area contributed by atoms with Gasteiger partial charge in [0.05, 0.1) is 17.9 Å². The summed E-state index contributed by atoms with van der Waals surface area (Å²) in [6.07, 6.45) is 3.53. The third-order valence-electron chi connectivity index (χ3n) is 5.61. The van der Waals surface area contributed by atoms with Crippen LogP contribution in [0.15, 0.2) is 73.2 Å². The van der Waals surface area contributed by atoms with E-state index >= 15 is 0 Å². The van der Waals surface area contributed by atoms with Crippen LogP contribution in [-0.2, 0) is 11.3 Å². The summed E-state index contributed by atoms with van der Waals surface area (Å²) < 4.78 is 29.7. The Kier molecular flexibility index (Phi) is 6.07. The lowest BCUT2D eigenvalue weighted by molar-refractivity contribution is -0.113. The minimum atomic E-state index is -2.56. The second kappa shape index (κ2) is 9.49. The van der Waals surface area contributed by atoms with Crippen molar-refractivity contribution < 1.29 is 13.6 Å². The molecule has 0 aliphatic carbocycles. The Morgan fingerprint density at radius 1 is 1.11 bits per heavy atom. The Bertz CT molecular complexity index is 1600. The van der Waals surface area contributed by atoms with E-state index < -0.39 is 12.3 Å². The van der Waals surface area contributed by atoms with Crippen molar-refractivity contribution in [2.75, 3.05) is 0 Å². The van der Waals surface area contributed by atoms with E-state index in [2.05, 4.69) is 15.1 Å². The predicted molar refractivity (Wildman–Crippen MR) is 131 cm³/mol. The van der Waals surface area contributed by atoms with Crippen LogP contribution in [0, 0.1) is 6.92 Å². The topological polar surface area (TPSA) is 104 Å². The van der Waals surface area contributed by atoms with Crippen LogP contribution in [0.5, 0.6) is 0 Å². The number of fused-ring (bicyclic) bond motifs is 1. The maximum atomic E-state index is 13.2. The molecule has 4 heterocycles. The molecule has 0 aliphatic rings. The van der Waals surface area contributed by atoms with Gasteiger partial charge in [0.15, 0.2) is 5.65 Å². The van der Waals surface area contributed by atoms with E-state index in [1.165, 1.54) is 24.5 Å². The highest BCUT2D eigenvalue weighted by Gasteiger charge is 2.19. The van der Waals surface area contributed by atoms with Crippen LogP contribution < -0.4 is 5.73 Å². The third-order valence-corrected chi connectivity index (χ3v) is 5.61. The first-order valence-electron chi connectivity index (χ1n) is 11.1. The molecule has 4 aromatic heterocycles. The highest BCUT2D eigenvalue weighted by molar-refractivity contribution is 5.92. The molecule has 0 saturated heterocycles. The lowest BCUT2D eigenvalue weighted by Crippen LogP contribution is -2.06. The zero-order chi connectivity index (χ0) is 25.2. The largest absolute Gasteiger partial charge is 0.366 e. The fourth-order valence-corrected chi connectivity index (χ4v) is 4.03. The Hall–Kier alpha value is -4.73. The first kappa shape index (κ1) is 23.0. The molecule has 5 rings (SSSR count). The smallest absolute Gasteiger partial charge is 0.263 e. The van der Waals surface area contributed by atoms with E-state index in [0.717, 1.165) is 16.8 Å². The van der Waals surface area contributed by atoms with Gasteiger partial charge in [-0.25, -0.2) is 18.3 Å². The van der Waals surface area contributed by atoms with Crippen LogP contribution >= 0.6 is 0 Å². The quantitative estimate of drug-likeness (QED) is 0.343. The molecule has 0 saturated carbocycles. The van der Waals surface area contributed by atoms with Gasteiger partial charge in [0.25, 0.3) is 6.43 Å². The molecular weight excluding hydrogens is 464 g/mol. The van der Waals surface area contributed by atoms with Gasteiger partial charge in [-0.2, -0.15) is 10.2 Å². The van der Waals surface area contributed by atoms with Gasteiger partial charge in [-0.3, -0.25) is 14.5 Å². The molecule has 2 N–H and O–H groups in total. The summed E-state index contributed by atoms with van der Waals surface area (Å²) in [5.74, 6) is -0.603. The number of aryl methyl sites for hydroxylation is 1. The van der Waals surface area contributed by atoms with Gasteiger partial charge in [0, 0.05) is 34.7 Å². The standard InChI is InChI=1S/C26H21F2N7O/c1-16-4-2-7-21(32-16)25-20(14-34(33-25)13-17-5-3-6-18(12-17)26(27)28)19-8-11-24-30-15-31-35(24)22(19)9-10-23(29)36/h2-12,14-15,26H,13H2,1H3,(H2,29,36)/b10-9+. The summed E-state index contributed by atoms with van der Waals surface area (Å²) in [7, 11) is 0. The fraction of sp³-hybridized carbons (Fsp3) is 0.115. The normalized spacial score (nSPS) is 11.7. The van der Waals surface area contributed by atoms with E-state index in [1.54, 1.807) is 33.5 Å². The second-order valence-electron chi connectivity index (χ2n) is 8.20. The summed E-state index contributed by atoms with van der Waals surface area (Å²) in [6.45, 7) is 2.16. The van der Waals surface area contributed by atoms with E-state index in [-0.39, 0.29) is 12.1 Å². The summed E-state index contributed by atoms with van der Waals surface area (Å²) in [6, 6.07) is 15.6.